The fraction of sp³-hybridized carbons (Fsp3) is 0.0678. The average Bonchev–Trinajstić information content (AvgIpc) is 3.90. The van der Waals surface area contributed by atoms with Crippen LogP contribution in [0.15, 0.2) is 218 Å². The largest absolute Gasteiger partial charge is 0.480 e. The van der Waals surface area contributed by atoms with Crippen molar-refractivity contribution < 1.29 is 9.90 Å². The maximum absolute atomic E-state index is 11.0. The van der Waals surface area contributed by atoms with Crippen LogP contribution in [-0.4, -0.2) is 36.7 Å². The lowest BCUT2D eigenvalue weighted by Crippen LogP contribution is -2.12. The molecule has 2 aromatic heterocycles. The fourth-order valence-corrected chi connectivity index (χ4v) is 8.57. The predicted molar refractivity (Wildman–Crippen MR) is 271 cm³/mol. The molecule has 0 saturated heterocycles. The average molecular weight is 860 g/mol. The molecule has 0 spiro atoms. The third kappa shape index (κ3) is 9.09. The van der Waals surface area contributed by atoms with E-state index in [4.69, 9.17) is 15.1 Å². The molecule has 2 N–H and O–H groups in total. The standard InChI is InChI=1S/C30H25N3O2.C29H24N2/c1-33-29(22-13-6-3-7-14-22)28(21-11-4-2-5-12-21)32-30(33)26-18-9-8-17-25(26)23-15-10-16-24(19-23)31-20-27(34)35;1-21-12-11-17-24(20-21)25-18-9-10-19-26(25)29-30-27(22-13-5-3-6-14-22)28(31(29)2)23-15-7-4-8-16-23/h2-19,31H,20H2,1H3,(H,34,35);3-20H,1-2H3. The Morgan fingerprint density at radius 1 is 0.439 bits per heavy atom. The van der Waals surface area contributed by atoms with E-state index >= 15 is 0 Å². The van der Waals surface area contributed by atoms with Gasteiger partial charge in [0.25, 0.3) is 0 Å². The molecule has 66 heavy (non-hydrogen) atoms. The van der Waals surface area contributed by atoms with Crippen LogP contribution in [0.25, 0.3) is 90.1 Å². The Labute approximate surface area is 386 Å². The number of carbonyl (C=O) groups is 1. The van der Waals surface area contributed by atoms with Crippen molar-refractivity contribution in [1.82, 2.24) is 19.1 Å². The summed E-state index contributed by atoms with van der Waals surface area (Å²) in [6, 6.07) is 74.7. The molecular weight excluding hydrogens is 811 g/mol. The summed E-state index contributed by atoms with van der Waals surface area (Å²) in [5, 5.41) is 12.0. The number of carboxylic acid groups (broad SMARTS) is 1. The highest BCUT2D eigenvalue weighted by Gasteiger charge is 2.23. The Morgan fingerprint density at radius 3 is 1.23 bits per heavy atom. The quantitative estimate of drug-likeness (QED) is 0.135. The van der Waals surface area contributed by atoms with Gasteiger partial charge in [-0.1, -0.05) is 212 Å². The lowest BCUT2D eigenvalue weighted by molar-refractivity contribution is -0.134. The minimum absolute atomic E-state index is 0.134. The normalized spacial score (nSPS) is 10.8. The van der Waals surface area contributed by atoms with Crippen LogP contribution < -0.4 is 5.32 Å². The first kappa shape index (κ1) is 42.7. The highest BCUT2D eigenvalue weighted by molar-refractivity contribution is 5.89. The molecule has 7 heteroatoms. The molecular formula is C59H49N5O2. The van der Waals surface area contributed by atoms with E-state index in [0.29, 0.717) is 0 Å². The van der Waals surface area contributed by atoms with Crippen molar-refractivity contribution in [2.75, 3.05) is 11.9 Å². The number of aryl methyl sites for hydroxylation is 1. The third-order valence-electron chi connectivity index (χ3n) is 11.7. The zero-order valence-electron chi connectivity index (χ0n) is 37.1. The van der Waals surface area contributed by atoms with Gasteiger partial charge in [0.1, 0.15) is 18.2 Å². The maximum atomic E-state index is 11.0. The number of nitrogens with one attached hydrogen (secondary N) is 1. The zero-order valence-corrected chi connectivity index (χ0v) is 37.1. The van der Waals surface area contributed by atoms with Gasteiger partial charge in [0.05, 0.1) is 22.8 Å². The number of aromatic nitrogens is 4. The Morgan fingerprint density at radius 2 is 0.803 bits per heavy atom. The Balaban J connectivity index is 0.000000167. The van der Waals surface area contributed by atoms with E-state index in [1.54, 1.807) is 0 Å². The number of nitrogens with zero attached hydrogens (tertiary/aromatic N) is 4. The van der Waals surface area contributed by atoms with Gasteiger partial charge < -0.3 is 19.6 Å². The van der Waals surface area contributed by atoms with Crippen molar-refractivity contribution in [2.45, 2.75) is 6.92 Å². The number of aliphatic carboxylic acids is 1. The van der Waals surface area contributed by atoms with Crippen LogP contribution in [0, 0.1) is 6.92 Å². The van der Waals surface area contributed by atoms with E-state index in [-0.39, 0.29) is 6.54 Å². The first-order valence-corrected chi connectivity index (χ1v) is 22.0. The van der Waals surface area contributed by atoms with E-state index < -0.39 is 5.97 Å². The number of carboxylic acids is 1. The van der Waals surface area contributed by atoms with Crippen molar-refractivity contribution in [3.8, 4) is 90.1 Å². The maximum Gasteiger partial charge on any atom is 0.322 e. The molecule has 0 aliphatic heterocycles. The monoisotopic (exact) mass is 859 g/mol. The van der Waals surface area contributed by atoms with E-state index in [1.807, 2.05) is 78.9 Å². The van der Waals surface area contributed by atoms with Crippen LogP contribution in [0.3, 0.4) is 0 Å². The molecule has 0 atom stereocenters. The number of imidazole rings is 2. The first-order valence-electron chi connectivity index (χ1n) is 22.0. The highest BCUT2D eigenvalue weighted by atomic mass is 16.4. The van der Waals surface area contributed by atoms with Crippen molar-refractivity contribution >= 4 is 11.7 Å². The van der Waals surface area contributed by atoms with E-state index in [0.717, 1.165) is 84.6 Å². The molecule has 0 amide bonds. The molecule has 7 nitrogen and oxygen atoms in total. The van der Waals surface area contributed by atoms with E-state index in [9.17, 15) is 4.79 Å². The molecule has 322 valence electrons. The van der Waals surface area contributed by atoms with E-state index in [2.05, 4.69) is 175 Å². The topological polar surface area (TPSA) is 85.0 Å². The van der Waals surface area contributed by atoms with Crippen LogP contribution in [0.1, 0.15) is 5.56 Å². The fourth-order valence-electron chi connectivity index (χ4n) is 8.57. The summed E-state index contributed by atoms with van der Waals surface area (Å²) in [5.41, 5.74) is 17.1. The zero-order chi connectivity index (χ0) is 45.4. The van der Waals surface area contributed by atoms with E-state index in [1.165, 1.54) is 16.7 Å². The van der Waals surface area contributed by atoms with Crippen LogP contribution in [0.2, 0.25) is 0 Å². The molecule has 8 aromatic carbocycles. The van der Waals surface area contributed by atoms with Crippen molar-refractivity contribution in [3.05, 3.63) is 224 Å². The summed E-state index contributed by atoms with van der Waals surface area (Å²) in [5.74, 6) is 0.933. The number of anilines is 1. The Bertz CT molecular complexity index is 3250. The van der Waals surface area contributed by atoms with Gasteiger partial charge in [-0.15, -0.1) is 0 Å². The second-order valence-electron chi connectivity index (χ2n) is 16.1. The van der Waals surface area contributed by atoms with Gasteiger partial charge in [0, 0.05) is 53.2 Å². The first-order chi connectivity index (χ1) is 32.3. The van der Waals surface area contributed by atoms with Gasteiger partial charge >= 0.3 is 5.97 Å². The summed E-state index contributed by atoms with van der Waals surface area (Å²) < 4.78 is 4.38. The summed E-state index contributed by atoms with van der Waals surface area (Å²) in [6.07, 6.45) is 0. The summed E-state index contributed by atoms with van der Waals surface area (Å²) in [7, 11) is 4.17. The van der Waals surface area contributed by atoms with Gasteiger partial charge in [-0.3, -0.25) is 4.79 Å². The second kappa shape index (κ2) is 19.5. The van der Waals surface area contributed by atoms with Crippen LogP contribution >= 0.6 is 0 Å². The number of hydrogen-bond donors (Lipinski definition) is 2. The van der Waals surface area contributed by atoms with Gasteiger partial charge in [-0.05, 0) is 41.3 Å². The lowest BCUT2D eigenvalue weighted by atomic mass is 9.98. The predicted octanol–water partition coefficient (Wildman–Crippen LogP) is 14.0. The Kier molecular flexibility index (Phi) is 12.6. The minimum atomic E-state index is -0.898. The van der Waals surface area contributed by atoms with Gasteiger partial charge in [-0.25, -0.2) is 9.97 Å². The van der Waals surface area contributed by atoms with Gasteiger partial charge in [0.15, 0.2) is 0 Å². The number of hydrogen-bond acceptors (Lipinski definition) is 4. The number of benzene rings is 8. The highest BCUT2D eigenvalue weighted by Crippen LogP contribution is 2.41. The van der Waals surface area contributed by atoms with Crippen LogP contribution in [0.4, 0.5) is 5.69 Å². The van der Waals surface area contributed by atoms with Crippen LogP contribution in [0.5, 0.6) is 0 Å². The number of rotatable bonds is 11. The molecule has 0 saturated carbocycles. The smallest absolute Gasteiger partial charge is 0.322 e. The Hall–Kier alpha value is -8.55. The van der Waals surface area contributed by atoms with Gasteiger partial charge in [0.2, 0.25) is 0 Å². The van der Waals surface area contributed by atoms with Crippen molar-refractivity contribution in [3.63, 3.8) is 0 Å². The summed E-state index contributed by atoms with van der Waals surface area (Å²) >= 11 is 0. The molecule has 0 fully saturated rings. The lowest BCUT2D eigenvalue weighted by Gasteiger charge is -2.13. The molecule has 0 aliphatic carbocycles. The van der Waals surface area contributed by atoms with Crippen LogP contribution in [-0.2, 0) is 18.9 Å². The molecule has 2 heterocycles. The molecule has 10 aromatic rings. The molecule has 0 radical (unpaired) electrons. The minimum Gasteiger partial charge on any atom is -0.480 e. The van der Waals surface area contributed by atoms with Crippen molar-refractivity contribution in [2.24, 2.45) is 14.1 Å². The second-order valence-corrected chi connectivity index (χ2v) is 16.1. The third-order valence-corrected chi connectivity index (χ3v) is 11.7. The molecule has 0 bridgehead atoms. The van der Waals surface area contributed by atoms with Gasteiger partial charge in [-0.2, -0.15) is 0 Å². The molecule has 10 rings (SSSR count). The summed E-state index contributed by atoms with van der Waals surface area (Å²) in [6.45, 7) is 2.00. The molecule has 0 unspecified atom stereocenters. The molecule has 0 aliphatic rings. The summed E-state index contributed by atoms with van der Waals surface area (Å²) in [4.78, 5) is 21.4. The SMILES string of the molecule is Cc1cccc(-c2ccccc2-c2nc(-c3ccccc3)c(-c3ccccc3)n2C)c1.Cn1c(-c2ccccc2-c2cccc(NCC(=O)O)c2)nc(-c2ccccc2)c1-c1ccccc1. The van der Waals surface area contributed by atoms with Crippen molar-refractivity contribution in [1.29, 1.82) is 0 Å².